The van der Waals surface area contributed by atoms with Crippen LogP contribution in [-0.4, -0.2) is 63.1 Å². The second-order valence-corrected chi connectivity index (χ2v) is 8.72. The summed E-state index contributed by atoms with van der Waals surface area (Å²) in [6, 6.07) is 4.72. The maximum absolute atomic E-state index is 14.0. The Morgan fingerprint density at radius 1 is 1.26 bits per heavy atom. The number of benzene rings is 1. The van der Waals surface area contributed by atoms with Crippen LogP contribution in [0.2, 0.25) is 5.28 Å². The smallest absolute Gasteiger partial charge is 0.294 e. The lowest BCUT2D eigenvalue weighted by Crippen LogP contribution is -2.40. The van der Waals surface area contributed by atoms with Gasteiger partial charge in [0.15, 0.2) is 11.5 Å². The summed E-state index contributed by atoms with van der Waals surface area (Å²) in [5.41, 5.74) is 0.549. The van der Waals surface area contributed by atoms with E-state index in [1.807, 2.05) is 0 Å². The molecule has 3 amide bonds. The highest BCUT2D eigenvalue weighted by atomic mass is 35.5. The van der Waals surface area contributed by atoms with Gasteiger partial charge in [-0.25, -0.2) is 4.98 Å². The molecule has 0 atom stereocenters. The van der Waals surface area contributed by atoms with Crippen molar-refractivity contribution in [3.63, 3.8) is 0 Å². The molecule has 2 fully saturated rings. The number of aromatic nitrogens is 2. The minimum atomic E-state index is -0.798. The Labute approximate surface area is 203 Å². The largest absolute Gasteiger partial charge is 0.490 e. The van der Waals surface area contributed by atoms with Gasteiger partial charge in [-0.2, -0.15) is 9.37 Å². The van der Waals surface area contributed by atoms with Gasteiger partial charge in [-0.05, 0) is 66.9 Å². The van der Waals surface area contributed by atoms with Crippen molar-refractivity contribution >= 4 is 46.5 Å². The molecule has 34 heavy (non-hydrogen) atoms. The molecule has 0 saturated carbocycles. The standard InChI is InChI=1S/C22H20ClFN4O5S/c1-2-32-16-9-13(5-6-15(16)33-19-14(24)11-25-21(23)26-19)10-17-20(30)28(22(31)34-17)12-18(29)27-7-3-4-8-27/h5-6,9-11H,2-4,7-8,12H2,1H3/b17-10+. The Balaban J connectivity index is 1.53. The first-order valence-electron chi connectivity index (χ1n) is 10.5. The van der Waals surface area contributed by atoms with Crippen LogP contribution in [0.4, 0.5) is 9.18 Å². The SMILES string of the molecule is CCOc1cc(/C=C2/SC(=O)N(CC(=O)N3CCCC3)C2=O)ccc1Oc1nc(Cl)ncc1F. The Kier molecular flexibility index (Phi) is 7.32. The zero-order chi connectivity index (χ0) is 24.2. The fraction of sp³-hybridized carbons (Fsp3) is 0.318. The van der Waals surface area contributed by atoms with Crippen molar-refractivity contribution in [2.75, 3.05) is 26.2 Å². The molecule has 12 heteroatoms. The molecule has 2 aliphatic rings. The highest BCUT2D eigenvalue weighted by molar-refractivity contribution is 8.18. The topological polar surface area (TPSA) is 102 Å². The molecule has 9 nitrogen and oxygen atoms in total. The van der Waals surface area contributed by atoms with Crippen LogP contribution < -0.4 is 9.47 Å². The number of halogens is 2. The summed E-state index contributed by atoms with van der Waals surface area (Å²) in [5, 5.41) is -0.671. The Bertz CT molecular complexity index is 1170. The van der Waals surface area contributed by atoms with Gasteiger partial charge in [0.2, 0.25) is 17.0 Å². The highest BCUT2D eigenvalue weighted by Gasteiger charge is 2.37. The van der Waals surface area contributed by atoms with Crippen LogP contribution in [0.1, 0.15) is 25.3 Å². The van der Waals surface area contributed by atoms with Gasteiger partial charge in [0, 0.05) is 13.1 Å². The van der Waals surface area contributed by atoms with Gasteiger partial charge in [-0.15, -0.1) is 0 Å². The van der Waals surface area contributed by atoms with Crippen molar-refractivity contribution in [3.8, 4) is 17.4 Å². The number of thioether (sulfide) groups is 1. The van der Waals surface area contributed by atoms with Gasteiger partial charge in [0.05, 0.1) is 17.7 Å². The third-order valence-electron chi connectivity index (χ3n) is 5.08. The second-order valence-electron chi connectivity index (χ2n) is 7.39. The first-order chi connectivity index (χ1) is 16.4. The first-order valence-corrected chi connectivity index (χ1v) is 11.7. The van der Waals surface area contributed by atoms with Crippen molar-refractivity contribution in [3.05, 3.63) is 46.0 Å². The van der Waals surface area contributed by atoms with Crippen LogP contribution in [0.3, 0.4) is 0 Å². The Morgan fingerprint density at radius 3 is 2.76 bits per heavy atom. The minimum absolute atomic E-state index is 0.176. The molecule has 0 bridgehead atoms. The van der Waals surface area contributed by atoms with Crippen molar-refractivity contribution < 1.29 is 28.2 Å². The van der Waals surface area contributed by atoms with Crippen LogP contribution in [-0.2, 0) is 9.59 Å². The molecule has 0 radical (unpaired) electrons. The molecule has 4 rings (SSSR count). The van der Waals surface area contributed by atoms with Crippen molar-refractivity contribution in [1.82, 2.24) is 19.8 Å². The number of nitrogens with zero attached hydrogens (tertiary/aromatic N) is 4. The highest BCUT2D eigenvalue weighted by Crippen LogP contribution is 2.36. The summed E-state index contributed by atoms with van der Waals surface area (Å²) in [5.74, 6) is -1.48. The van der Waals surface area contributed by atoms with E-state index in [2.05, 4.69) is 9.97 Å². The number of likely N-dealkylation sites (tertiary alicyclic amines) is 1. The fourth-order valence-electron chi connectivity index (χ4n) is 3.46. The summed E-state index contributed by atoms with van der Waals surface area (Å²) >= 11 is 6.48. The molecule has 1 aromatic carbocycles. The van der Waals surface area contributed by atoms with E-state index in [1.165, 1.54) is 12.1 Å². The van der Waals surface area contributed by atoms with Crippen LogP contribution in [0.5, 0.6) is 17.4 Å². The molecule has 2 aliphatic heterocycles. The van der Waals surface area contributed by atoms with Crippen LogP contribution >= 0.6 is 23.4 Å². The molecular weight excluding hydrogens is 487 g/mol. The molecule has 3 heterocycles. The molecule has 2 aromatic rings. The van der Waals surface area contributed by atoms with Crippen LogP contribution in [0.25, 0.3) is 6.08 Å². The molecule has 0 unspecified atom stereocenters. The maximum Gasteiger partial charge on any atom is 0.294 e. The van der Waals surface area contributed by atoms with Crippen molar-refractivity contribution in [1.29, 1.82) is 0 Å². The lowest BCUT2D eigenvalue weighted by molar-refractivity contribution is -0.135. The maximum atomic E-state index is 14.0. The quantitative estimate of drug-likeness (QED) is 0.408. The zero-order valence-electron chi connectivity index (χ0n) is 18.1. The summed E-state index contributed by atoms with van der Waals surface area (Å²) in [7, 11) is 0. The van der Waals surface area contributed by atoms with E-state index in [9.17, 15) is 18.8 Å². The average Bonchev–Trinajstić information content (AvgIpc) is 3.43. The Morgan fingerprint density at radius 2 is 2.03 bits per heavy atom. The number of carbonyl (C=O) groups is 3. The van der Waals surface area contributed by atoms with Crippen LogP contribution in [0, 0.1) is 5.82 Å². The number of ether oxygens (including phenoxy) is 2. The Hall–Kier alpha value is -3.18. The average molecular weight is 507 g/mol. The molecule has 178 valence electrons. The minimum Gasteiger partial charge on any atom is -0.490 e. The van der Waals surface area contributed by atoms with E-state index >= 15 is 0 Å². The number of amides is 3. The molecule has 2 saturated heterocycles. The van der Waals surface area contributed by atoms with Crippen molar-refractivity contribution in [2.45, 2.75) is 19.8 Å². The fourth-order valence-corrected chi connectivity index (χ4v) is 4.43. The van der Waals surface area contributed by atoms with E-state index < -0.39 is 17.0 Å². The first kappa shape index (κ1) is 24.0. The van der Waals surface area contributed by atoms with Gasteiger partial charge in [0.25, 0.3) is 17.0 Å². The monoisotopic (exact) mass is 506 g/mol. The van der Waals surface area contributed by atoms with E-state index in [-0.39, 0.29) is 40.0 Å². The second kappa shape index (κ2) is 10.4. The predicted molar refractivity (Wildman–Crippen MR) is 123 cm³/mol. The van der Waals surface area contributed by atoms with Gasteiger partial charge >= 0.3 is 0 Å². The third-order valence-corrected chi connectivity index (χ3v) is 6.17. The van der Waals surface area contributed by atoms with E-state index in [1.54, 1.807) is 24.0 Å². The number of rotatable bonds is 7. The molecule has 0 spiro atoms. The number of imide groups is 1. The van der Waals surface area contributed by atoms with Crippen molar-refractivity contribution in [2.24, 2.45) is 0 Å². The summed E-state index contributed by atoms with van der Waals surface area (Å²) in [6.07, 6.45) is 4.27. The molecule has 0 aliphatic carbocycles. The van der Waals surface area contributed by atoms with E-state index in [0.29, 0.717) is 25.3 Å². The number of carbonyl (C=O) groups excluding carboxylic acids is 3. The van der Waals surface area contributed by atoms with E-state index in [0.717, 1.165) is 35.7 Å². The number of hydrogen-bond donors (Lipinski definition) is 0. The lowest BCUT2D eigenvalue weighted by Gasteiger charge is -2.18. The van der Waals surface area contributed by atoms with Gasteiger partial charge < -0.3 is 14.4 Å². The zero-order valence-corrected chi connectivity index (χ0v) is 19.7. The number of hydrogen-bond acceptors (Lipinski definition) is 8. The third kappa shape index (κ3) is 5.31. The molecular formula is C22H20ClFN4O5S. The summed E-state index contributed by atoms with van der Waals surface area (Å²) < 4.78 is 25.1. The summed E-state index contributed by atoms with van der Waals surface area (Å²) in [4.78, 5) is 47.6. The van der Waals surface area contributed by atoms with Gasteiger partial charge in [0.1, 0.15) is 6.54 Å². The molecule has 1 aromatic heterocycles. The van der Waals surface area contributed by atoms with Gasteiger partial charge in [-0.1, -0.05) is 6.07 Å². The lowest BCUT2D eigenvalue weighted by atomic mass is 10.2. The van der Waals surface area contributed by atoms with Crippen LogP contribution in [0.15, 0.2) is 29.3 Å². The summed E-state index contributed by atoms with van der Waals surface area (Å²) in [6.45, 7) is 3.07. The van der Waals surface area contributed by atoms with E-state index in [4.69, 9.17) is 21.1 Å². The predicted octanol–water partition coefficient (Wildman–Crippen LogP) is 4.12. The normalized spacial score (nSPS) is 17.1. The van der Waals surface area contributed by atoms with Gasteiger partial charge in [-0.3, -0.25) is 19.3 Å². The molecule has 0 N–H and O–H groups in total.